The standard InChI is InChI=1S/C14H11F3N6O/c15-8-5-10(17)11(6-9(8)16)23-4-3-13(22-23)20-14(24)2-1-12-18-7-19-21-12/h3-7H,1-2H2,(H,18,19,21)(H,20,22,24). The van der Waals surface area contributed by atoms with Crippen molar-refractivity contribution in [2.45, 2.75) is 12.8 Å². The molecule has 0 unspecified atom stereocenters. The van der Waals surface area contributed by atoms with Gasteiger partial charge in [-0.05, 0) is 0 Å². The minimum absolute atomic E-state index is 0.140. The van der Waals surface area contributed by atoms with Crippen molar-refractivity contribution in [3.8, 4) is 5.69 Å². The van der Waals surface area contributed by atoms with Crippen LogP contribution in [-0.4, -0.2) is 30.9 Å². The average Bonchev–Trinajstić information content (AvgIpc) is 3.20. The van der Waals surface area contributed by atoms with Crippen molar-refractivity contribution in [1.29, 1.82) is 0 Å². The van der Waals surface area contributed by atoms with Crippen molar-refractivity contribution in [1.82, 2.24) is 25.0 Å². The van der Waals surface area contributed by atoms with Gasteiger partial charge >= 0.3 is 0 Å². The molecule has 0 bridgehead atoms. The van der Waals surface area contributed by atoms with Crippen LogP contribution in [0.25, 0.3) is 5.69 Å². The van der Waals surface area contributed by atoms with E-state index in [4.69, 9.17) is 0 Å². The summed E-state index contributed by atoms with van der Waals surface area (Å²) in [4.78, 5) is 15.7. The molecule has 0 spiro atoms. The number of aryl methyl sites for hydroxylation is 1. The number of aromatic nitrogens is 5. The molecule has 0 aliphatic carbocycles. The van der Waals surface area contributed by atoms with Gasteiger partial charge in [0.25, 0.3) is 0 Å². The lowest BCUT2D eigenvalue weighted by Crippen LogP contribution is -2.13. The van der Waals surface area contributed by atoms with E-state index in [1.54, 1.807) is 0 Å². The van der Waals surface area contributed by atoms with Crippen LogP contribution in [0.15, 0.2) is 30.7 Å². The molecular weight excluding hydrogens is 325 g/mol. The number of anilines is 1. The zero-order valence-corrected chi connectivity index (χ0v) is 12.1. The number of hydrogen-bond donors (Lipinski definition) is 2. The normalized spacial score (nSPS) is 10.8. The highest BCUT2D eigenvalue weighted by atomic mass is 19.2. The number of aromatic amines is 1. The Morgan fingerprint density at radius 2 is 2.00 bits per heavy atom. The topological polar surface area (TPSA) is 88.5 Å². The second-order valence-electron chi connectivity index (χ2n) is 4.84. The molecule has 3 rings (SSSR count). The third-order valence-corrected chi connectivity index (χ3v) is 3.15. The maximum absolute atomic E-state index is 13.7. The summed E-state index contributed by atoms with van der Waals surface area (Å²) in [6.45, 7) is 0. The first-order valence-electron chi connectivity index (χ1n) is 6.87. The van der Waals surface area contributed by atoms with Gasteiger partial charge in [0.2, 0.25) is 5.91 Å². The first kappa shape index (κ1) is 15.7. The van der Waals surface area contributed by atoms with Crippen LogP contribution in [0.1, 0.15) is 12.2 Å². The van der Waals surface area contributed by atoms with E-state index in [1.165, 1.54) is 18.6 Å². The Balaban J connectivity index is 1.67. The molecule has 0 saturated carbocycles. The van der Waals surface area contributed by atoms with E-state index in [-0.39, 0.29) is 23.8 Å². The molecule has 2 aromatic heterocycles. The van der Waals surface area contributed by atoms with Gasteiger partial charge in [-0.25, -0.2) is 22.8 Å². The summed E-state index contributed by atoms with van der Waals surface area (Å²) >= 11 is 0. The average molecular weight is 336 g/mol. The summed E-state index contributed by atoms with van der Waals surface area (Å²) in [6, 6.07) is 2.53. The van der Waals surface area contributed by atoms with Crippen LogP contribution in [0.5, 0.6) is 0 Å². The van der Waals surface area contributed by atoms with E-state index < -0.39 is 17.5 Å². The molecule has 0 aliphatic heterocycles. The number of rotatable bonds is 5. The number of benzene rings is 1. The lowest BCUT2D eigenvalue weighted by molar-refractivity contribution is -0.116. The minimum atomic E-state index is -1.29. The van der Waals surface area contributed by atoms with Gasteiger partial charge in [-0.2, -0.15) is 5.10 Å². The van der Waals surface area contributed by atoms with Crippen LogP contribution < -0.4 is 5.32 Å². The van der Waals surface area contributed by atoms with E-state index in [1.807, 2.05) is 0 Å². The van der Waals surface area contributed by atoms with E-state index in [9.17, 15) is 18.0 Å². The molecule has 24 heavy (non-hydrogen) atoms. The number of nitrogens with one attached hydrogen (secondary N) is 2. The Kier molecular flexibility index (Phi) is 4.27. The van der Waals surface area contributed by atoms with Gasteiger partial charge in [-0.3, -0.25) is 9.89 Å². The van der Waals surface area contributed by atoms with Crippen LogP contribution in [-0.2, 0) is 11.2 Å². The van der Waals surface area contributed by atoms with E-state index in [2.05, 4.69) is 25.6 Å². The Hall–Kier alpha value is -3.17. The molecule has 7 nitrogen and oxygen atoms in total. The Labute approximate surface area is 133 Å². The fraction of sp³-hybridized carbons (Fsp3) is 0.143. The number of carbonyl (C=O) groups excluding carboxylic acids is 1. The van der Waals surface area contributed by atoms with E-state index in [0.29, 0.717) is 24.4 Å². The van der Waals surface area contributed by atoms with Gasteiger partial charge in [0.15, 0.2) is 23.3 Å². The summed E-state index contributed by atoms with van der Waals surface area (Å²) < 4.78 is 40.9. The van der Waals surface area contributed by atoms with Gasteiger partial charge in [-0.15, -0.1) is 5.10 Å². The molecule has 1 amide bonds. The second-order valence-corrected chi connectivity index (χ2v) is 4.84. The molecule has 0 radical (unpaired) electrons. The molecule has 2 heterocycles. The number of halogens is 3. The van der Waals surface area contributed by atoms with Gasteiger partial charge in [0.05, 0.1) is 0 Å². The van der Waals surface area contributed by atoms with Crippen molar-refractivity contribution in [3.63, 3.8) is 0 Å². The van der Waals surface area contributed by atoms with Crippen molar-refractivity contribution in [2.75, 3.05) is 5.32 Å². The van der Waals surface area contributed by atoms with Crippen molar-refractivity contribution in [3.05, 3.63) is 54.0 Å². The Morgan fingerprint density at radius 3 is 2.75 bits per heavy atom. The maximum Gasteiger partial charge on any atom is 0.226 e. The highest BCUT2D eigenvalue weighted by Crippen LogP contribution is 2.18. The zero-order chi connectivity index (χ0) is 17.1. The third-order valence-electron chi connectivity index (χ3n) is 3.15. The van der Waals surface area contributed by atoms with Crippen LogP contribution >= 0.6 is 0 Å². The summed E-state index contributed by atoms with van der Waals surface area (Å²) in [6.07, 6.45) is 3.17. The molecule has 0 saturated heterocycles. The summed E-state index contributed by atoms with van der Waals surface area (Å²) in [7, 11) is 0. The fourth-order valence-electron chi connectivity index (χ4n) is 2.00. The molecule has 124 valence electrons. The zero-order valence-electron chi connectivity index (χ0n) is 12.1. The summed E-state index contributed by atoms with van der Waals surface area (Å²) in [5, 5.41) is 12.7. The summed E-state index contributed by atoms with van der Waals surface area (Å²) in [5.74, 6) is -3.06. The predicted molar refractivity (Wildman–Crippen MR) is 76.8 cm³/mol. The predicted octanol–water partition coefficient (Wildman–Crippen LogP) is 1.98. The molecule has 10 heteroatoms. The maximum atomic E-state index is 13.7. The summed E-state index contributed by atoms with van der Waals surface area (Å²) in [5.41, 5.74) is -0.268. The smallest absolute Gasteiger partial charge is 0.226 e. The quantitative estimate of drug-likeness (QED) is 0.697. The van der Waals surface area contributed by atoms with Crippen LogP contribution in [0.2, 0.25) is 0 Å². The van der Waals surface area contributed by atoms with Crippen LogP contribution in [0.4, 0.5) is 19.0 Å². The molecule has 2 N–H and O–H groups in total. The van der Waals surface area contributed by atoms with Crippen molar-refractivity contribution in [2.24, 2.45) is 0 Å². The molecule has 3 aromatic rings. The highest BCUT2D eigenvalue weighted by molar-refractivity contribution is 5.89. The van der Waals surface area contributed by atoms with Crippen molar-refractivity contribution >= 4 is 11.7 Å². The lowest BCUT2D eigenvalue weighted by Gasteiger charge is -2.04. The molecular formula is C14H11F3N6O. The number of H-pyrrole nitrogens is 1. The van der Waals surface area contributed by atoms with Crippen LogP contribution in [0, 0.1) is 17.5 Å². The largest absolute Gasteiger partial charge is 0.309 e. The SMILES string of the molecule is O=C(CCc1ncn[nH]1)Nc1ccn(-c2cc(F)c(F)cc2F)n1. The molecule has 0 atom stereocenters. The lowest BCUT2D eigenvalue weighted by atomic mass is 10.3. The fourth-order valence-corrected chi connectivity index (χ4v) is 2.00. The van der Waals surface area contributed by atoms with Crippen molar-refractivity contribution < 1.29 is 18.0 Å². The Morgan fingerprint density at radius 1 is 1.21 bits per heavy atom. The van der Waals surface area contributed by atoms with Gasteiger partial charge in [-0.1, -0.05) is 0 Å². The number of nitrogens with zero attached hydrogens (tertiary/aromatic N) is 4. The van der Waals surface area contributed by atoms with Gasteiger partial charge < -0.3 is 5.32 Å². The number of hydrogen-bond acceptors (Lipinski definition) is 4. The first-order chi connectivity index (χ1) is 11.5. The molecule has 1 aromatic carbocycles. The Bertz CT molecular complexity index is 862. The molecule has 0 aliphatic rings. The third kappa shape index (κ3) is 3.42. The second kappa shape index (κ2) is 6.52. The van der Waals surface area contributed by atoms with Gasteiger partial charge in [0, 0.05) is 37.2 Å². The molecule has 0 fully saturated rings. The highest BCUT2D eigenvalue weighted by Gasteiger charge is 2.13. The monoisotopic (exact) mass is 336 g/mol. The first-order valence-corrected chi connectivity index (χ1v) is 6.87. The minimum Gasteiger partial charge on any atom is -0.309 e. The number of carbonyl (C=O) groups is 1. The number of amides is 1. The van der Waals surface area contributed by atoms with E-state index >= 15 is 0 Å². The van der Waals surface area contributed by atoms with Gasteiger partial charge in [0.1, 0.15) is 17.8 Å². The van der Waals surface area contributed by atoms with E-state index in [0.717, 1.165) is 4.68 Å². The van der Waals surface area contributed by atoms with Crippen LogP contribution in [0.3, 0.4) is 0 Å².